The predicted molar refractivity (Wildman–Crippen MR) is 68.1 cm³/mol. The van der Waals surface area contributed by atoms with Gasteiger partial charge in [0, 0.05) is 12.6 Å². The van der Waals surface area contributed by atoms with Gasteiger partial charge in [-0.25, -0.2) is 0 Å². The topological polar surface area (TPSA) is 12.0 Å². The van der Waals surface area contributed by atoms with Crippen LogP contribution in [0.25, 0.3) is 0 Å². The van der Waals surface area contributed by atoms with Gasteiger partial charge in [-0.1, -0.05) is 40.5 Å². The summed E-state index contributed by atoms with van der Waals surface area (Å²) in [5.74, 6) is 1.03. The first kappa shape index (κ1) is 13.0. The van der Waals surface area contributed by atoms with Crippen LogP contribution in [0, 0.1) is 11.3 Å². The second kappa shape index (κ2) is 5.89. The van der Waals surface area contributed by atoms with Crippen LogP contribution in [0.4, 0.5) is 0 Å². The molecule has 0 aromatic rings. The molecular weight excluding hydrogens is 182 g/mol. The Kier molecular flexibility index (Phi) is 5.11. The Balaban J connectivity index is 2.15. The highest BCUT2D eigenvalue weighted by Gasteiger charge is 2.21. The van der Waals surface area contributed by atoms with Crippen molar-refractivity contribution in [2.75, 3.05) is 6.54 Å². The fourth-order valence-corrected chi connectivity index (χ4v) is 2.51. The lowest BCUT2D eigenvalue weighted by Gasteiger charge is -2.31. The Bertz CT molecular complexity index is 161. The Morgan fingerprint density at radius 2 is 1.67 bits per heavy atom. The fourth-order valence-electron chi connectivity index (χ4n) is 2.51. The van der Waals surface area contributed by atoms with Crippen molar-refractivity contribution in [3.05, 3.63) is 0 Å². The van der Waals surface area contributed by atoms with E-state index >= 15 is 0 Å². The van der Waals surface area contributed by atoms with E-state index in [1.807, 2.05) is 0 Å². The van der Waals surface area contributed by atoms with Gasteiger partial charge in [-0.05, 0) is 37.0 Å². The van der Waals surface area contributed by atoms with Gasteiger partial charge in [0.1, 0.15) is 0 Å². The minimum absolute atomic E-state index is 0.431. The molecule has 1 fully saturated rings. The average molecular weight is 211 g/mol. The maximum Gasteiger partial charge on any atom is 0.00674 e. The first-order valence-corrected chi connectivity index (χ1v) is 6.74. The van der Waals surface area contributed by atoms with Gasteiger partial charge in [-0.15, -0.1) is 0 Å². The quantitative estimate of drug-likeness (QED) is 0.741. The molecule has 0 aliphatic heterocycles. The summed E-state index contributed by atoms with van der Waals surface area (Å²) < 4.78 is 0. The van der Waals surface area contributed by atoms with E-state index in [0.29, 0.717) is 5.41 Å². The Morgan fingerprint density at radius 3 is 2.13 bits per heavy atom. The molecule has 0 aromatic heterocycles. The Hall–Kier alpha value is -0.0400. The van der Waals surface area contributed by atoms with E-state index < -0.39 is 0 Å². The van der Waals surface area contributed by atoms with Crippen molar-refractivity contribution >= 4 is 0 Å². The molecule has 0 radical (unpaired) electrons. The van der Waals surface area contributed by atoms with E-state index in [1.165, 1.54) is 38.5 Å². The molecule has 15 heavy (non-hydrogen) atoms. The highest BCUT2D eigenvalue weighted by molar-refractivity contribution is 4.78. The lowest BCUT2D eigenvalue weighted by molar-refractivity contribution is 0.255. The number of hydrogen-bond donors (Lipinski definition) is 1. The van der Waals surface area contributed by atoms with Gasteiger partial charge < -0.3 is 5.32 Å². The van der Waals surface area contributed by atoms with Crippen LogP contribution in [-0.2, 0) is 0 Å². The van der Waals surface area contributed by atoms with E-state index in [9.17, 15) is 0 Å². The first-order chi connectivity index (χ1) is 7.01. The maximum atomic E-state index is 3.72. The Morgan fingerprint density at radius 1 is 1.07 bits per heavy atom. The van der Waals surface area contributed by atoms with Crippen molar-refractivity contribution in [3.8, 4) is 0 Å². The number of rotatable bonds is 4. The van der Waals surface area contributed by atoms with Crippen molar-refractivity contribution in [1.29, 1.82) is 0 Å². The van der Waals surface area contributed by atoms with Crippen LogP contribution in [-0.4, -0.2) is 12.6 Å². The molecule has 0 heterocycles. The third-order valence-electron chi connectivity index (χ3n) is 3.46. The first-order valence-electron chi connectivity index (χ1n) is 6.74. The van der Waals surface area contributed by atoms with Crippen LogP contribution >= 0.6 is 0 Å². The van der Waals surface area contributed by atoms with Crippen LogP contribution in [0.5, 0.6) is 0 Å². The van der Waals surface area contributed by atoms with Crippen LogP contribution in [0.1, 0.15) is 66.2 Å². The summed E-state index contributed by atoms with van der Waals surface area (Å²) in [7, 11) is 0. The number of hydrogen-bond acceptors (Lipinski definition) is 1. The minimum atomic E-state index is 0.431. The van der Waals surface area contributed by atoms with Crippen molar-refractivity contribution in [1.82, 2.24) is 5.32 Å². The molecule has 90 valence electrons. The molecule has 1 saturated carbocycles. The standard InChI is InChI=1S/C14H29N/c1-5-6-12-7-9-13(10-8-12)15-11-14(2,3)4/h12-13,15H,5-11H2,1-4H3. The molecule has 0 aromatic carbocycles. The smallest absolute Gasteiger partial charge is 0.00674 e. The lowest BCUT2D eigenvalue weighted by Crippen LogP contribution is -2.38. The normalized spacial score (nSPS) is 28.0. The summed E-state index contributed by atoms with van der Waals surface area (Å²) in [5.41, 5.74) is 0.431. The second-order valence-corrected chi connectivity index (χ2v) is 6.45. The summed E-state index contributed by atoms with van der Waals surface area (Å²) in [6.07, 6.45) is 8.53. The van der Waals surface area contributed by atoms with Crippen molar-refractivity contribution < 1.29 is 0 Å². The Labute approximate surface area is 96.0 Å². The molecule has 1 N–H and O–H groups in total. The molecule has 1 aliphatic rings. The molecule has 1 aliphatic carbocycles. The molecule has 0 amide bonds. The molecule has 0 bridgehead atoms. The molecule has 1 rings (SSSR count). The predicted octanol–water partition coefficient (Wildman–Crippen LogP) is 3.98. The fraction of sp³-hybridized carbons (Fsp3) is 1.00. The zero-order chi connectivity index (χ0) is 11.3. The van der Waals surface area contributed by atoms with Crippen LogP contribution in [0.2, 0.25) is 0 Å². The van der Waals surface area contributed by atoms with E-state index in [1.54, 1.807) is 0 Å². The third-order valence-corrected chi connectivity index (χ3v) is 3.46. The maximum absolute atomic E-state index is 3.72. The van der Waals surface area contributed by atoms with Crippen LogP contribution in [0.15, 0.2) is 0 Å². The van der Waals surface area contributed by atoms with Gasteiger partial charge >= 0.3 is 0 Å². The van der Waals surface area contributed by atoms with Gasteiger partial charge in [-0.2, -0.15) is 0 Å². The molecule has 0 unspecified atom stereocenters. The molecule has 1 heteroatoms. The van der Waals surface area contributed by atoms with E-state index in [2.05, 4.69) is 33.0 Å². The van der Waals surface area contributed by atoms with Crippen molar-refractivity contribution in [3.63, 3.8) is 0 Å². The third kappa shape index (κ3) is 5.55. The van der Waals surface area contributed by atoms with Gasteiger partial charge in [0.05, 0.1) is 0 Å². The highest BCUT2D eigenvalue weighted by Crippen LogP contribution is 2.28. The second-order valence-electron chi connectivity index (χ2n) is 6.45. The SMILES string of the molecule is CCCC1CCC(NCC(C)(C)C)CC1. The van der Waals surface area contributed by atoms with Crippen molar-refractivity contribution in [2.45, 2.75) is 72.3 Å². The largest absolute Gasteiger partial charge is 0.313 e. The minimum Gasteiger partial charge on any atom is -0.313 e. The molecule has 1 nitrogen and oxygen atoms in total. The van der Waals surface area contributed by atoms with Crippen LogP contribution in [0.3, 0.4) is 0 Å². The monoisotopic (exact) mass is 211 g/mol. The average Bonchev–Trinajstić information content (AvgIpc) is 2.16. The molecule has 0 spiro atoms. The summed E-state index contributed by atoms with van der Waals surface area (Å²) in [4.78, 5) is 0. The van der Waals surface area contributed by atoms with E-state index in [0.717, 1.165) is 18.5 Å². The van der Waals surface area contributed by atoms with E-state index in [4.69, 9.17) is 0 Å². The van der Waals surface area contributed by atoms with Gasteiger partial charge in [0.2, 0.25) is 0 Å². The summed E-state index contributed by atoms with van der Waals surface area (Å²) in [6.45, 7) is 10.4. The van der Waals surface area contributed by atoms with E-state index in [-0.39, 0.29) is 0 Å². The molecule has 0 saturated heterocycles. The highest BCUT2D eigenvalue weighted by atomic mass is 14.9. The summed E-state index contributed by atoms with van der Waals surface area (Å²) >= 11 is 0. The van der Waals surface area contributed by atoms with Crippen molar-refractivity contribution in [2.24, 2.45) is 11.3 Å². The summed E-state index contributed by atoms with van der Waals surface area (Å²) in [6, 6.07) is 0.803. The zero-order valence-corrected chi connectivity index (χ0v) is 11.1. The summed E-state index contributed by atoms with van der Waals surface area (Å²) in [5, 5.41) is 3.72. The number of nitrogens with one attached hydrogen (secondary N) is 1. The van der Waals surface area contributed by atoms with Gasteiger partial charge in [0.15, 0.2) is 0 Å². The molecular formula is C14H29N. The van der Waals surface area contributed by atoms with Gasteiger partial charge in [0.25, 0.3) is 0 Å². The molecule has 0 atom stereocenters. The van der Waals surface area contributed by atoms with Crippen LogP contribution < -0.4 is 5.32 Å². The van der Waals surface area contributed by atoms with Gasteiger partial charge in [-0.3, -0.25) is 0 Å². The zero-order valence-electron chi connectivity index (χ0n) is 11.1. The lowest BCUT2D eigenvalue weighted by atomic mass is 9.83.